The van der Waals surface area contributed by atoms with E-state index in [-0.39, 0.29) is 23.4 Å². The maximum Gasteiger partial charge on any atom is 0.253 e. The van der Waals surface area contributed by atoms with E-state index in [1.54, 1.807) is 45.5 Å². The summed E-state index contributed by atoms with van der Waals surface area (Å²) in [5.74, 6) is -1.11. The average molecular weight is 479 g/mol. The maximum absolute atomic E-state index is 14.2. The van der Waals surface area contributed by atoms with E-state index in [9.17, 15) is 18.8 Å². The molecule has 34 heavy (non-hydrogen) atoms. The van der Waals surface area contributed by atoms with E-state index < -0.39 is 5.82 Å². The molecule has 9 heteroatoms. The Morgan fingerprint density at radius 1 is 0.971 bits per heavy atom. The Morgan fingerprint density at radius 3 is 2.29 bits per heavy atom. The van der Waals surface area contributed by atoms with Gasteiger partial charge in [-0.25, -0.2) is 9.37 Å². The molecule has 2 aromatic carbocycles. The summed E-state index contributed by atoms with van der Waals surface area (Å²) >= 11 is 1.19. The van der Waals surface area contributed by atoms with Crippen molar-refractivity contribution in [1.82, 2.24) is 14.8 Å². The molecular formula is C25H23FN4O3S. The van der Waals surface area contributed by atoms with E-state index in [0.717, 1.165) is 0 Å². The molecule has 0 spiro atoms. The van der Waals surface area contributed by atoms with Gasteiger partial charge in [0.2, 0.25) is 11.8 Å². The van der Waals surface area contributed by atoms with Crippen LogP contribution in [-0.2, 0) is 9.59 Å². The third kappa shape index (κ3) is 5.20. The first-order valence-electron chi connectivity index (χ1n) is 10.8. The van der Waals surface area contributed by atoms with Gasteiger partial charge < -0.3 is 9.80 Å². The molecule has 1 aromatic heterocycles. The Balaban J connectivity index is 1.37. The molecule has 1 saturated heterocycles. The van der Waals surface area contributed by atoms with Crippen molar-refractivity contribution in [3.8, 4) is 0 Å². The summed E-state index contributed by atoms with van der Waals surface area (Å²) in [6.07, 6.45) is 3.00. The minimum Gasteiger partial charge on any atom is -0.336 e. The highest BCUT2D eigenvalue weighted by Gasteiger charge is 2.24. The smallest absolute Gasteiger partial charge is 0.253 e. The number of thiazole rings is 1. The summed E-state index contributed by atoms with van der Waals surface area (Å²) < 4.78 is 14.2. The third-order valence-corrected chi connectivity index (χ3v) is 6.25. The van der Waals surface area contributed by atoms with E-state index >= 15 is 0 Å². The fraction of sp³-hybridized carbons (Fsp3) is 0.200. The first-order valence-corrected chi connectivity index (χ1v) is 11.6. The highest BCUT2D eigenvalue weighted by molar-refractivity contribution is 7.14. The zero-order valence-electron chi connectivity index (χ0n) is 18.6. The number of rotatable bonds is 5. The number of hydrogen-bond acceptors (Lipinski definition) is 5. The van der Waals surface area contributed by atoms with Gasteiger partial charge in [0.05, 0.1) is 11.4 Å². The van der Waals surface area contributed by atoms with E-state index in [1.165, 1.54) is 41.4 Å². The number of halogens is 1. The number of nitrogens with zero attached hydrogens (tertiary/aromatic N) is 4. The van der Waals surface area contributed by atoms with Crippen LogP contribution in [0, 0.1) is 5.82 Å². The molecule has 3 aromatic rings. The summed E-state index contributed by atoms with van der Waals surface area (Å²) in [4.78, 5) is 46.4. The predicted octanol–water partition coefficient (Wildman–Crippen LogP) is 3.96. The lowest BCUT2D eigenvalue weighted by Gasteiger charge is -2.34. The number of para-hydroxylation sites is 1. The molecule has 2 heterocycles. The van der Waals surface area contributed by atoms with Gasteiger partial charge in [-0.2, -0.15) is 0 Å². The summed E-state index contributed by atoms with van der Waals surface area (Å²) in [6, 6.07) is 15.1. The quantitative estimate of drug-likeness (QED) is 0.521. The number of carbonyl (C=O) groups excluding carboxylic acids is 3. The summed E-state index contributed by atoms with van der Waals surface area (Å²) in [5, 5.41) is 2.02. The summed E-state index contributed by atoms with van der Waals surface area (Å²) in [5.41, 5.74) is 1.25. The van der Waals surface area contributed by atoms with Gasteiger partial charge in [0.25, 0.3) is 5.91 Å². The van der Waals surface area contributed by atoms with Crippen molar-refractivity contribution in [3.63, 3.8) is 0 Å². The van der Waals surface area contributed by atoms with Crippen molar-refractivity contribution >= 4 is 46.0 Å². The molecule has 1 aliphatic rings. The summed E-state index contributed by atoms with van der Waals surface area (Å²) in [7, 11) is 0. The first-order chi connectivity index (χ1) is 16.4. The van der Waals surface area contributed by atoms with Crippen molar-refractivity contribution < 1.29 is 18.8 Å². The van der Waals surface area contributed by atoms with Gasteiger partial charge in [-0.15, -0.1) is 11.3 Å². The molecule has 4 rings (SSSR count). The minimum absolute atomic E-state index is 0.0388. The van der Waals surface area contributed by atoms with Gasteiger partial charge in [-0.1, -0.05) is 30.3 Å². The normalized spacial score (nSPS) is 13.8. The number of benzene rings is 2. The van der Waals surface area contributed by atoms with Gasteiger partial charge in [-0.3, -0.25) is 19.3 Å². The molecule has 3 amide bonds. The molecule has 0 N–H and O–H groups in total. The second-order valence-corrected chi connectivity index (χ2v) is 8.51. The van der Waals surface area contributed by atoms with E-state index in [4.69, 9.17) is 0 Å². The van der Waals surface area contributed by atoms with Crippen LogP contribution >= 0.6 is 11.3 Å². The average Bonchev–Trinajstić information content (AvgIpc) is 3.32. The van der Waals surface area contributed by atoms with Gasteiger partial charge in [0.15, 0.2) is 5.13 Å². The molecule has 7 nitrogen and oxygen atoms in total. The van der Waals surface area contributed by atoms with Crippen molar-refractivity contribution in [3.05, 3.63) is 83.1 Å². The van der Waals surface area contributed by atoms with Crippen LogP contribution in [0.15, 0.2) is 66.1 Å². The number of anilines is 2. The molecule has 174 valence electrons. The zero-order chi connectivity index (χ0) is 24.1. The van der Waals surface area contributed by atoms with Crippen molar-refractivity contribution in [2.75, 3.05) is 31.1 Å². The number of carbonyl (C=O) groups is 3. The Morgan fingerprint density at radius 2 is 1.62 bits per heavy atom. The van der Waals surface area contributed by atoms with E-state index in [1.807, 2.05) is 18.2 Å². The van der Waals surface area contributed by atoms with Crippen LogP contribution in [0.25, 0.3) is 6.08 Å². The fourth-order valence-corrected chi connectivity index (χ4v) is 4.50. The number of aromatic nitrogens is 1. The van der Waals surface area contributed by atoms with Gasteiger partial charge in [-0.05, 0) is 30.3 Å². The van der Waals surface area contributed by atoms with Crippen LogP contribution in [0.4, 0.5) is 15.2 Å². The monoisotopic (exact) mass is 478 g/mol. The van der Waals surface area contributed by atoms with Gasteiger partial charge in [0, 0.05) is 50.1 Å². The van der Waals surface area contributed by atoms with Gasteiger partial charge >= 0.3 is 0 Å². The highest BCUT2D eigenvalue weighted by Crippen LogP contribution is 2.31. The molecule has 0 aliphatic carbocycles. The molecule has 0 saturated carbocycles. The molecule has 1 fully saturated rings. The van der Waals surface area contributed by atoms with E-state index in [2.05, 4.69) is 4.98 Å². The van der Waals surface area contributed by atoms with Crippen LogP contribution in [0.5, 0.6) is 0 Å². The molecular weight excluding hydrogens is 455 g/mol. The zero-order valence-corrected chi connectivity index (χ0v) is 19.4. The molecule has 0 radical (unpaired) electrons. The Labute approximate surface area is 200 Å². The largest absolute Gasteiger partial charge is 0.336 e. The number of amides is 3. The molecule has 0 atom stereocenters. The minimum atomic E-state index is -0.523. The number of piperazine rings is 1. The van der Waals surface area contributed by atoms with Crippen LogP contribution in [0.1, 0.15) is 23.0 Å². The predicted molar refractivity (Wildman–Crippen MR) is 129 cm³/mol. The standard InChI is InChI=1S/C25H23FN4O3S/c1-18(31)30(22-10-6-5-9-21(22)26)25-27-20(17-34-25)11-12-23(32)28-13-15-29(16-14-28)24(33)19-7-3-2-4-8-19/h2-12,17H,13-16H2,1H3. The lowest BCUT2D eigenvalue weighted by atomic mass is 10.2. The Bertz CT molecular complexity index is 1220. The van der Waals surface area contributed by atoms with Crippen molar-refractivity contribution in [2.45, 2.75) is 6.92 Å². The molecule has 1 aliphatic heterocycles. The van der Waals surface area contributed by atoms with Crippen LogP contribution in [0.3, 0.4) is 0 Å². The lowest BCUT2D eigenvalue weighted by Crippen LogP contribution is -2.50. The van der Waals surface area contributed by atoms with Crippen LogP contribution < -0.4 is 4.90 Å². The first kappa shape index (κ1) is 23.3. The van der Waals surface area contributed by atoms with Crippen LogP contribution in [0.2, 0.25) is 0 Å². The third-order valence-electron chi connectivity index (χ3n) is 5.41. The lowest BCUT2D eigenvalue weighted by molar-refractivity contribution is -0.127. The molecule has 0 unspecified atom stereocenters. The Kier molecular flexibility index (Phi) is 7.12. The van der Waals surface area contributed by atoms with Crippen molar-refractivity contribution in [2.24, 2.45) is 0 Å². The van der Waals surface area contributed by atoms with Gasteiger partial charge in [0.1, 0.15) is 5.82 Å². The topological polar surface area (TPSA) is 73.8 Å². The number of hydrogen-bond donors (Lipinski definition) is 0. The molecule has 0 bridgehead atoms. The Hall–Kier alpha value is -3.85. The van der Waals surface area contributed by atoms with Crippen molar-refractivity contribution in [1.29, 1.82) is 0 Å². The van der Waals surface area contributed by atoms with Crippen LogP contribution in [-0.4, -0.2) is 58.7 Å². The second kappa shape index (κ2) is 10.4. The fourth-order valence-electron chi connectivity index (χ4n) is 3.65. The second-order valence-electron chi connectivity index (χ2n) is 7.68. The highest BCUT2D eigenvalue weighted by atomic mass is 32.1. The SMILES string of the molecule is CC(=O)N(c1nc(C=CC(=O)N2CCN(C(=O)c3ccccc3)CC2)cs1)c1ccccc1F. The van der Waals surface area contributed by atoms with E-state index in [0.29, 0.717) is 42.6 Å². The maximum atomic E-state index is 14.2. The summed E-state index contributed by atoms with van der Waals surface area (Å²) in [6.45, 7) is 3.15.